The molecule has 2 aromatic carbocycles. The first kappa shape index (κ1) is 34.7. The van der Waals surface area contributed by atoms with Gasteiger partial charge in [0.15, 0.2) is 5.82 Å². The van der Waals surface area contributed by atoms with Gasteiger partial charge in [0, 0.05) is 61.8 Å². The molecule has 2 aromatic heterocycles. The van der Waals surface area contributed by atoms with Crippen LogP contribution in [0.4, 0.5) is 19.6 Å². The Bertz CT molecular complexity index is 2020. The van der Waals surface area contributed by atoms with Crippen molar-refractivity contribution in [1.29, 1.82) is 5.26 Å². The number of likely N-dealkylation sites (tertiary alicyclic amines) is 1. The second-order valence-electron chi connectivity index (χ2n) is 13.2. The predicted molar refractivity (Wildman–Crippen MR) is 188 cm³/mol. The first-order chi connectivity index (χ1) is 23.4. The second kappa shape index (κ2) is 13.7. The summed E-state index contributed by atoms with van der Waals surface area (Å²) in [6, 6.07) is 6.55. The van der Waals surface area contributed by atoms with Crippen LogP contribution < -0.4 is 15.4 Å². The molecule has 2 aliphatic rings. The molecule has 2 N–H and O–H groups in total. The minimum absolute atomic E-state index is 0.00362. The Morgan fingerprint density at radius 3 is 2.73 bits per heavy atom. The molecule has 2 fully saturated rings. The van der Waals surface area contributed by atoms with E-state index in [1.165, 1.54) is 26.1 Å². The van der Waals surface area contributed by atoms with Gasteiger partial charge in [-0.3, -0.25) is 14.5 Å². The van der Waals surface area contributed by atoms with Crippen LogP contribution >= 0.6 is 22.9 Å². The molecule has 0 unspecified atom stereocenters. The summed E-state index contributed by atoms with van der Waals surface area (Å²) in [7, 11) is 5.35. The van der Waals surface area contributed by atoms with Crippen LogP contribution in [0, 0.1) is 28.4 Å². The fourth-order valence-electron chi connectivity index (χ4n) is 7.57. The number of fused-ring (bicyclic) bond motifs is 3. The number of piperidine rings is 1. The summed E-state index contributed by atoms with van der Waals surface area (Å²) in [6.45, 7) is 3.09. The van der Waals surface area contributed by atoms with E-state index in [4.69, 9.17) is 27.1 Å². The normalized spacial score (nSPS) is 19.2. The first-order valence-electron chi connectivity index (χ1n) is 16.3. The fourth-order valence-corrected chi connectivity index (χ4v) is 8.82. The molecule has 1 aliphatic carbocycles. The molecule has 3 heterocycles. The van der Waals surface area contributed by atoms with Crippen molar-refractivity contribution in [2.75, 3.05) is 51.5 Å². The average molecular weight is 710 g/mol. The van der Waals surface area contributed by atoms with Crippen molar-refractivity contribution in [3.8, 4) is 23.2 Å². The van der Waals surface area contributed by atoms with Gasteiger partial charge in [-0.2, -0.15) is 15.2 Å². The summed E-state index contributed by atoms with van der Waals surface area (Å²) in [6.07, 6.45) is 5.79. The Labute approximate surface area is 292 Å². The van der Waals surface area contributed by atoms with Gasteiger partial charge >= 0.3 is 6.01 Å². The minimum Gasteiger partial charge on any atom is -0.463 e. The third-order valence-corrected chi connectivity index (χ3v) is 11.5. The molecule has 1 aliphatic heterocycles. The van der Waals surface area contributed by atoms with E-state index in [0.29, 0.717) is 36.8 Å². The molecule has 0 bridgehead atoms. The van der Waals surface area contributed by atoms with Crippen LogP contribution in [-0.4, -0.2) is 78.5 Å². The van der Waals surface area contributed by atoms with Gasteiger partial charge in [-0.05, 0) is 63.4 Å². The summed E-state index contributed by atoms with van der Waals surface area (Å²) < 4.78 is 38.3. The van der Waals surface area contributed by atoms with Crippen molar-refractivity contribution in [2.24, 2.45) is 5.41 Å². The van der Waals surface area contributed by atoms with E-state index < -0.39 is 11.6 Å². The lowest BCUT2D eigenvalue weighted by Gasteiger charge is -2.44. The highest BCUT2D eigenvalue weighted by molar-refractivity contribution is 7.23. The topological polar surface area (TPSA) is 129 Å². The van der Waals surface area contributed by atoms with Gasteiger partial charge in [0.25, 0.3) is 0 Å². The van der Waals surface area contributed by atoms with Gasteiger partial charge in [-0.15, -0.1) is 11.3 Å². The Balaban J connectivity index is 1.44. The summed E-state index contributed by atoms with van der Waals surface area (Å²) in [5.74, 6) is -1.67. The molecule has 2 atom stereocenters. The third-order valence-electron chi connectivity index (χ3n) is 10.2. The molecule has 2 amide bonds. The van der Waals surface area contributed by atoms with Gasteiger partial charge in [0.2, 0.25) is 11.8 Å². The molecule has 258 valence electrons. The number of nitrogens with two attached hydrogens (primary N) is 1. The predicted octanol–water partition coefficient (Wildman–Crippen LogP) is 6.76. The molecule has 6 rings (SSSR count). The summed E-state index contributed by atoms with van der Waals surface area (Å²) in [4.78, 5) is 38.7. The highest BCUT2D eigenvalue weighted by Crippen LogP contribution is 2.48. The number of nitriles is 1. The van der Waals surface area contributed by atoms with Crippen LogP contribution in [0.1, 0.15) is 57.4 Å². The zero-order chi connectivity index (χ0) is 35.2. The van der Waals surface area contributed by atoms with Crippen LogP contribution in [0.5, 0.6) is 6.01 Å². The van der Waals surface area contributed by atoms with Crippen LogP contribution in [-0.2, 0) is 9.59 Å². The quantitative estimate of drug-likeness (QED) is 0.200. The number of ether oxygens (including phenoxy) is 1. The van der Waals surface area contributed by atoms with Crippen LogP contribution in [0.3, 0.4) is 0 Å². The molecule has 49 heavy (non-hydrogen) atoms. The van der Waals surface area contributed by atoms with Crippen molar-refractivity contribution in [2.45, 2.75) is 57.9 Å². The standard InChI is InChI=1S/C35H38ClF2N7O3S/c1-19(46)45(4)26(47)9-6-14-44(3)33-21-16-23(36)28(20-10-11-24(37)31-27(20)22(17-39)32(40)49-31)29(38)30(21)41-34(42-33)48-18-35-12-5-8-25(35)43(2)15-7-13-35/h10-11,16,25H,5-9,12-15,18,40H2,1-4H3/t25-,35-/m1/s1. The van der Waals surface area contributed by atoms with E-state index in [1.807, 2.05) is 6.07 Å². The maximum absolute atomic E-state index is 17.0. The second-order valence-corrected chi connectivity index (χ2v) is 14.6. The lowest BCUT2D eigenvalue weighted by Crippen LogP contribution is -2.50. The number of aromatic nitrogens is 2. The van der Waals surface area contributed by atoms with E-state index >= 15 is 4.39 Å². The molecule has 10 nitrogen and oxygen atoms in total. The van der Waals surface area contributed by atoms with Crippen molar-refractivity contribution < 1.29 is 23.1 Å². The third kappa shape index (κ3) is 6.26. The van der Waals surface area contributed by atoms with Crippen molar-refractivity contribution in [3.05, 3.63) is 40.4 Å². The number of nitrogen functional groups attached to an aromatic ring is 1. The number of thiophene rings is 1. The smallest absolute Gasteiger partial charge is 0.319 e. The lowest BCUT2D eigenvalue weighted by atomic mass is 9.76. The van der Waals surface area contributed by atoms with Crippen LogP contribution in [0.2, 0.25) is 5.02 Å². The van der Waals surface area contributed by atoms with Crippen molar-refractivity contribution in [3.63, 3.8) is 0 Å². The Kier molecular flexibility index (Phi) is 9.68. The molecule has 1 saturated carbocycles. The zero-order valence-electron chi connectivity index (χ0n) is 27.9. The van der Waals surface area contributed by atoms with Gasteiger partial charge < -0.3 is 20.3 Å². The molecular formula is C35H38ClF2N7O3S. The number of anilines is 2. The molecular weight excluding hydrogens is 672 g/mol. The SMILES string of the molecule is CC(=O)N(C)C(=O)CCCN(C)c1nc(OC[C@]23CCC[C@H]2N(C)CCC3)nc2c(F)c(-c3ccc(F)c4sc(N)c(C#N)c34)c(Cl)cc12. The number of hydrogen-bond acceptors (Lipinski definition) is 10. The molecule has 0 radical (unpaired) electrons. The van der Waals surface area contributed by atoms with E-state index in [1.54, 1.807) is 18.0 Å². The summed E-state index contributed by atoms with van der Waals surface area (Å²) in [5, 5.41) is 10.5. The van der Waals surface area contributed by atoms with Gasteiger partial charge in [0.05, 0.1) is 21.9 Å². The largest absolute Gasteiger partial charge is 0.463 e. The number of carbonyl (C=O) groups is 2. The number of hydrogen-bond donors (Lipinski definition) is 1. The summed E-state index contributed by atoms with van der Waals surface area (Å²) in [5.41, 5.74) is 6.16. The van der Waals surface area contributed by atoms with Crippen LogP contribution in [0.15, 0.2) is 18.2 Å². The van der Waals surface area contributed by atoms with Crippen LogP contribution in [0.25, 0.3) is 32.1 Å². The van der Waals surface area contributed by atoms with Crippen molar-refractivity contribution in [1.82, 2.24) is 19.8 Å². The highest BCUT2D eigenvalue weighted by atomic mass is 35.5. The van der Waals surface area contributed by atoms with E-state index in [0.717, 1.165) is 54.9 Å². The Hall–Kier alpha value is -4.12. The van der Waals surface area contributed by atoms with E-state index in [2.05, 4.69) is 16.9 Å². The lowest BCUT2D eigenvalue weighted by molar-refractivity contribution is -0.141. The van der Waals surface area contributed by atoms with Gasteiger partial charge in [0.1, 0.15) is 28.2 Å². The average Bonchev–Trinajstić information content (AvgIpc) is 3.66. The maximum atomic E-state index is 17.0. The van der Waals surface area contributed by atoms with Crippen molar-refractivity contribution >= 4 is 66.6 Å². The fraction of sp³-hybridized carbons (Fsp3) is 0.457. The number of halogens is 3. The Morgan fingerprint density at radius 1 is 1.24 bits per heavy atom. The monoisotopic (exact) mass is 709 g/mol. The number of rotatable bonds is 9. The van der Waals surface area contributed by atoms with Gasteiger partial charge in [-0.1, -0.05) is 24.1 Å². The number of amides is 2. The molecule has 14 heteroatoms. The molecule has 1 saturated heterocycles. The van der Waals surface area contributed by atoms with E-state index in [9.17, 15) is 19.2 Å². The Morgan fingerprint density at radius 2 is 2.00 bits per heavy atom. The number of benzene rings is 2. The number of imide groups is 1. The van der Waals surface area contributed by atoms with E-state index in [-0.39, 0.29) is 72.0 Å². The highest BCUT2D eigenvalue weighted by Gasteiger charge is 2.47. The number of nitrogens with zero attached hydrogens (tertiary/aromatic N) is 6. The first-order valence-corrected chi connectivity index (χ1v) is 17.5. The number of carbonyl (C=O) groups excluding carboxylic acids is 2. The van der Waals surface area contributed by atoms with Gasteiger partial charge in [-0.25, -0.2) is 8.78 Å². The summed E-state index contributed by atoms with van der Waals surface area (Å²) >= 11 is 7.73. The molecule has 0 spiro atoms. The zero-order valence-corrected chi connectivity index (χ0v) is 29.5. The molecule has 4 aromatic rings. The maximum Gasteiger partial charge on any atom is 0.319 e. The minimum atomic E-state index is -0.779.